The first kappa shape index (κ1) is 14.7. The summed E-state index contributed by atoms with van der Waals surface area (Å²) in [5.74, 6) is 0.752. The molecule has 0 amide bonds. The summed E-state index contributed by atoms with van der Waals surface area (Å²) < 4.78 is 9.81. The summed E-state index contributed by atoms with van der Waals surface area (Å²) in [5, 5.41) is 4.44. The molecule has 0 unspecified atom stereocenters. The normalized spacial score (nSPS) is 24.1. The molecule has 1 aromatic rings. The van der Waals surface area contributed by atoms with Crippen LogP contribution in [0.1, 0.15) is 38.9 Å². The van der Waals surface area contributed by atoms with Crippen LogP contribution in [-0.2, 0) is 10.3 Å². The first-order chi connectivity index (χ1) is 8.94. The summed E-state index contributed by atoms with van der Waals surface area (Å²) in [6, 6.07) is 1.06. The molecular weight excluding hydrogens is 260 g/mol. The Morgan fingerprint density at radius 3 is 2.74 bits per heavy atom. The van der Waals surface area contributed by atoms with Crippen molar-refractivity contribution in [2.75, 3.05) is 26.5 Å². The Morgan fingerprint density at radius 1 is 1.37 bits per heavy atom. The number of hydrogen-bond acceptors (Lipinski definition) is 6. The maximum Gasteiger partial charge on any atom is 0.202 e. The SMILES string of the molecule is COC(C)(C)c1nsc(N[C@@H]2CCC[C@H]2N(C)C)n1. The van der Waals surface area contributed by atoms with E-state index >= 15 is 0 Å². The van der Waals surface area contributed by atoms with Gasteiger partial charge in [-0.1, -0.05) is 0 Å². The maximum atomic E-state index is 5.41. The fourth-order valence-electron chi connectivity index (χ4n) is 2.50. The molecule has 0 aliphatic heterocycles. The van der Waals surface area contributed by atoms with Crippen molar-refractivity contribution in [1.29, 1.82) is 0 Å². The van der Waals surface area contributed by atoms with Crippen LogP contribution in [0.25, 0.3) is 0 Å². The molecule has 5 nitrogen and oxygen atoms in total. The van der Waals surface area contributed by atoms with Crippen LogP contribution in [0.4, 0.5) is 5.13 Å². The zero-order valence-electron chi connectivity index (χ0n) is 12.4. The number of nitrogens with zero attached hydrogens (tertiary/aromatic N) is 3. The molecule has 1 N–H and O–H groups in total. The minimum atomic E-state index is -0.424. The summed E-state index contributed by atoms with van der Waals surface area (Å²) in [6.45, 7) is 3.97. The molecule has 19 heavy (non-hydrogen) atoms. The topological polar surface area (TPSA) is 50.3 Å². The van der Waals surface area contributed by atoms with Crippen LogP contribution >= 0.6 is 11.5 Å². The van der Waals surface area contributed by atoms with Gasteiger partial charge in [-0.2, -0.15) is 4.37 Å². The summed E-state index contributed by atoms with van der Waals surface area (Å²) in [6.07, 6.45) is 3.72. The van der Waals surface area contributed by atoms with Crippen LogP contribution in [0.2, 0.25) is 0 Å². The molecule has 2 rings (SSSR count). The first-order valence-corrected chi connectivity index (χ1v) is 7.53. The second kappa shape index (κ2) is 5.73. The Labute approximate surface area is 119 Å². The zero-order valence-corrected chi connectivity index (χ0v) is 13.3. The largest absolute Gasteiger partial charge is 0.371 e. The molecule has 1 aliphatic rings. The summed E-state index contributed by atoms with van der Waals surface area (Å²) in [5.41, 5.74) is -0.424. The Kier molecular flexibility index (Phi) is 4.43. The number of methoxy groups -OCH3 is 1. The van der Waals surface area contributed by atoms with Crippen molar-refractivity contribution in [3.8, 4) is 0 Å². The minimum absolute atomic E-state index is 0.424. The van der Waals surface area contributed by atoms with Crippen molar-refractivity contribution >= 4 is 16.7 Å². The summed E-state index contributed by atoms with van der Waals surface area (Å²) in [4.78, 5) is 6.86. The molecule has 0 bridgehead atoms. The Balaban J connectivity index is 2.04. The van der Waals surface area contributed by atoms with E-state index in [4.69, 9.17) is 4.74 Å². The van der Waals surface area contributed by atoms with Gasteiger partial charge in [0.25, 0.3) is 0 Å². The molecule has 1 aliphatic carbocycles. The molecule has 0 saturated heterocycles. The van der Waals surface area contributed by atoms with E-state index in [0.717, 1.165) is 11.0 Å². The maximum absolute atomic E-state index is 5.41. The molecule has 0 aromatic carbocycles. The molecule has 6 heteroatoms. The van der Waals surface area contributed by atoms with Gasteiger partial charge in [-0.15, -0.1) is 0 Å². The second-order valence-electron chi connectivity index (χ2n) is 5.85. The molecule has 1 fully saturated rings. The third-order valence-electron chi connectivity index (χ3n) is 3.93. The molecule has 2 atom stereocenters. The van der Waals surface area contributed by atoms with Gasteiger partial charge < -0.3 is 15.0 Å². The highest BCUT2D eigenvalue weighted by Gasteiger charge is 2.30. The highest BCUT2D eigenvalue weighted by atomic mass is 32.1. The van der Waals surface area contributed by atoms with E-state index in [9.17, 15) is 0 Å². The van der Waals surface area contributed by atoms with Gasteiger partial charge >= 0.3 is 0 Å². The highest BCUT2D eigenvalue weighted by Crippen LogP contribution is 2.29. The molecular formula is C13H24N4OS. The Hall–Kier alpha value is -0.720. The van der Waals surface area contributed by atoms with E-state index in [2.05, 4.69) is 33.7 Å². The monoisotopic (exact) mass is 284 g/mol. The van der Waals surface area contributed by atoms with Crippen molar-refractivity contribution in [2.24, 2.45) is 0 Å². The van der Waals surface area contributed by atoms with E-state index in [1.54, 1.807) is 7.11 Å². The average molecular weight is 284 g/mol. The molecule has 1 saturated carbocycles. The van der Waals surface area contributed by atoms with Crippen LogP contribution in [0, 0.1) is 0 Å². The molecule has 108 valence electrons. The van der Waals surface area contributed by atoms with E-state index in [1.165, 1.54) is 30.8 Å². The van der Waals surface area contributed by atoms with Gasteiger partial charge in [-0.25, -0.2) is 4.98 Å². The van der Waals surface area contributed by atoms with Crippen LogP contribution < -0.4 is 5.32 Å². The van der Waals surface area contributed by atoms with Crippen molar-refractivity contribution in [2.45, 2.75) is 50.8 Å². The Morgan fingerprint density at radius 2 is 2.11 bits per heavy atom. The number of rotatable bonds is 5. The average Bonchev–Trinajstić information content (AvgIpc) is 2.98. The van der Waals surface area contributed by atoms with E-state index < -0.39 is 5.60 Å². The zero-order chi connectivity index (χ0) is 14.0. The van der Waals surface area contributed by atoms with Crippen LogP contribution in [0.15, 0.2) is 0 Å². The van der Waals surface area contributed by atoms with Gasteiger partial charge in [0.2, 0.25) is 5.13 Å². The lowest BCUT2D eigenvalue weighted by atomic mass is 10.1. The number of hydrogen-bond donors (Lipinski definition) is 1. The van der Waals surface area contributed by atoms with Gasteiger partial charge in [-0.05, 0) is 47.2 Å². The number of ether oxygens (including phenoxy) is 1. The van der Waals surface area contributed by atoms with E-state index in [1.807, 2.05) is 13.8 Å². The molecule has 1 heterocycles. The fourth-order valence-corrected chi connectivity index (χ4v) is 3.27. The van der Waals surface area contributed by atoms with Gasteiger partial charge in [0, 0.05) is 30.7 Å². The number of nitrogens with one attached hydrogen (secondary N) is 1. The molecule has 0 radical (unpaired) electrons. The lowest BCUT2D eigenvalue weighted by Crippen LogP contribution is -2.39. The van der Waals surface area contributed by atoms with Crippen molar-refractivity contribution in [1.82, 2.24) is 14.3 Å². The van der Waals surface area contributed by atoms with Crippen LogP contribution in [0.5, 0.6) is 0 Å². The molecule has 1 aromatic heterocycles. The van der Waals surface area contributed by atoms with Crippen LogP contribution in [0.3, 0.4) is 0 Å². The highest BCUT2D eigenvalue weighted by molar-refractivity contribution is 7.09. The van der Waals surface area contributed by atoms with Gasteiger partial charge in [-0.3, -0.25) is 0 Å². The third-order valence-corrected chi connectivity index (χ3v) is 4.57. The van der Waals surface area contributed by atoms with Crippen molar-refractivity contribution < 1.29 is 4.74 Å². The molecule has 0 spiro atoms. The smallest absolute Gasteiger partial charge is 0.202 e. The fraction of sp³-hybridized carbons (Fsp3) is 0.846. The van der Waals surface area contributed by atoms with E-state index in [-0.39, 0.29) is 0 Å². The number of likely N-dealkylation sites (N-methyl/N-ethyl adjacent to an activating group) is 1. The standard InChI is InChI=1S/C13H24N4OS/c1-13(2,18-5)11-15-12(19-16-11)14-9-7-6-8-10(9)17(3)4/h9-10H,6-8H2,1-5H3,(H,14,15,16)/t9-,10-/m1/s1. The lowest BCUT2D eigenvalue weighted by molar-refractivity contribution is 0.0125. The quantitative estimate of drug-likeness (QED) is 0.899. The van der Waals surface area contributed by atoms with Gasteiger partial charge in [0.15, 0.2) is 5.82 Å². The first-order valence-electron chi connectivity index (χ1n) is 6.76. The van der Waals surface area contributed by atoms with Crippen molar-refractivity contribution in [3.63, 3.8) is 0 Å². The number of anilines is 1. The number of aromatic nitrogens is 2. The second-order valence-corrected chi connectivity index (χ2v) is 6.60. The van der Waals surface area contributed by atoms with Crippen molar-refractivity contribution in [3.05, 3.63) is 5.82 Å². The predicted octanol–water partition coefficient (Wildman–Crippen LogP) is 2.31. The Bertz CT molecular complexity index is 419. The lowest BCUT2D eigenvalue weighted by Gasteiger charge is -2.26. The predicted molar refractivity (Wildman–Crippen MR) is 78.7 cm³/mol. The van der Waals surface area contributed by atoms with Gasteiger partial charge in [0.05, 0.1) is 0 Å². The van der Waals surface area contributed by atoms with E-state index in [0.29, 0.717) is 12.1 Å². The summed E-state index contributed by atoms with van der Waals surface area (Å²) >= 11 is 1.42. The van der Waals surface area contributed by atoms with Gasteiger partial charge in [0.1, 0.15) is 5.60 Å². The van der Waals surface area contributed by atoms with Crippen LogP contribution in [-0.4, -0.2) is 47.5 Å². The summed E-state index contributed by atoms with van der Waals surface area (Å²) in [7, 11) is 5.97. The minimum Gasteiger partial charge on any atom is -0.371 e. The third kappa shape index (κ3) is 3.24.